The van der Waals surface area contributed by atoms with E-state index >= 15 is 0 Å². The van der Waals surface area contributed by atoms with E-state index in [0.29, 0.717) is 6.61 Å². The molecular formula is C31H54O2. The molecular weight excluding hydrogens is 404 g/mol. The van der Waals surface area contributed by atoms with Crippen LogP contribution in [-0.4, -0.2) is 12.2 Å². The van der Waals surface area contributed by atoms with Gasteiger partial charge in [-0.1, -0.05) is 72.6 Å². The fraction of sp³-hybridized carbons (Fsp3) is 0.806. The van der Waals surface area contributed by atoms with Crippen molar-refractivity contribution in [3.63, 3.8) is 0 Å². The van der Waals surface area contributed by atoms with Gasteiger partial charge in [0.2, 0.25) is 0 Å². The zero-order chi connectivity index (χ0) is 24.6. The van der Waals surface area contributed by atoms with Crippen LogP contribution in [0.5, 0.6) is 11.5 Å². The van der Waals surface area contributed by atoms with E-state index in [-0.39, 0.29) is 5.60 Å². The van der Waals surface area contributed by atoms with Crippen molar-refractivity contribution in [3.05, 3.63) is 22.3 Å². The monoisotopic (exact) mass is 458 g/mol. The van der Waals surface area contributed by atoms with Crippen molar-refractivity contribution in [2.24, 2.45) is 17.8 Å². The molecule has 0 bridgehead atoms. The van der Waals surface area contributed by atoms with Gasteiger partial charge in [0.05, 0.1) is 6.61 Å². The van der Waals surface area contributed by atoms with Crippen LogP contribution in [0.25, 0.3) is 0 Å². The summed E-state index contributed by atoms with van der Waals surface area (Å²) >= 11 is 0. The van der Waals surface area contributed by atoms with E-state index in [1.54, 1.807) is 0 Å². The first-order valence-corrected chi connectivity index (χ1v) is 14.0. The average Bonchev–Trinajstić information content (AvgIpc) is 2.75. The number of rotatable bonds is 14. The van der Waals surface area contributed by atoms with Crippen molar-refractivity contribution in [2.75, 3.05) is 6.61 Å². The van der Waals surface area contributed by atoms with E-state index in [9.17, 15) is 0 Å². The number of benzene rings is 1. The van der Waals surface area contributed by atoms with E-state index in [4.69, 9.17) is 9.47 Å². The molecule has 1 heterocycles. The Morgan fingerprint density at radius 3 is 1.97 bits per heavy atom. The lowest BCUT2D eigenvalue weighted by atomic mass is 9.83. The van der Waals surface area contributed by atoms with Crippen molar-refractivity contribution in [2.45, 2.75) is 139 Å². The fourth-order valence-corrected chi connectivity index (χ4v) is 5.62. The fourth-order valence-electron chi connectivity index (χ4n) is 5.62. The molecule has 0 spiro atoms. The van der Waals surface area contributed by atoms with Gasteiger partial charge in [0, 0.05) is 5.56 Å². The van der Waals surface area contributed by atoms with Crippen molar-refractivity contribution < 1.29 is 9.47 Å². The minimum Gasteiger partial charge on any atom is -0.493 e. The molecule has 0 saturated carbocycles. The summed E-state index contributed by atoms with van der Waals surface area (Å²) in [7, 11) is 0. The van der Waals surface area contributed by atoms with Crippen LogP contribution in [0, 0.1) is 38.5 Å². The van der Waals surface area contributed by atoms with Gasteiger partial charge in [0.25, 0.3) is 0 Å². The van der Waals surface area contributed by atoms with Crippen LogP contribution in [0.4, 0.5) is 0 Å². The highest BCUT2D eigenvalue weighted by Crippen LogP contribution is 2.45. The standard InChI is InChI=1S/C31H54O2/c1-10-32-29-25(6)26(7)30-28(27(29)8)19-21-31(9,33-30)20-13-18-24(5)17-12-16-23(4)15-11-14-22(2)3/h22-24H,10-21H2,1-9H3/t23-,24-,31-/m1/s1. The summed E-state index contributed by atoms with van der Waals surface area (Å²) in [6, 6.07) is 0. The minimum atomic E-state index is -0.0333. The van der Waals surface area contributed by atoms with Crippen LogP contribution >= 0.6 is 0 Å². The Balaban J connectivity index is 1.79. The summed E-state index contributed by atoms with van der Waals surface area (Å²) in [5.74, 6) is 4.78. The van der Waals surface area contributed by atoms with Crippen LogP contribution in [0.3, 0.4) is 0 Å². The lowest BCUT2D eigenvalue weighted by molar-refractivity contribution is 0.0511. The smallest absolute Gasteiger partial charge is 0.127 e. The molecule has 0 N–H and O–H groups in total. The van der Waals surface area contributed by atoms with Gasteiger partial charge in [-0.05, 0) is 94.7 Å². The molecule has 0 saturated heterocycles. The van der Waals surface area contributed by atoms with Gasteiger partial charge < -0.3 is 9.47 Å². The number of hydrogen-bond donors (Lipinski definition) is 0. The van der Waals surface area contributed by atoms with Crippen molar-refractivity contribution >= 4 is 0 Å². The molecule has 1 aliphatic rings. The molecule has 2 rings (SSSR count). The predicted octanol–water partition coefficient (Wildman–Crippen LogP) is 9.53. The Morgan fingerprint density at radius 1 is 0.818 bits per heavy atom. The maximum Gasteiger partial charge on any atom is 0.127 e. The van der Waals surface area contributed by atoms with Gasteiger partial charge in [-0.15, -0.1) is 0 Å². The Labute approximate surface area is 206 Å². The molecule has 1 aliphatic heterocycles. The van der Waals surface area contributed by atoms with Crippen LogP contribution in [-0.2, 0) is 6.42 Å². The topological polar surface area (TPSA) is 18.5 Å². The van der Waals surface area contributed by atoms with Gasteiger partial charge >= 0.3 is 0 Å². The summed E-state index contributed by atoms with van der Waals surface area (Å²) in [6.45, 7) is 21.3. The van der Waals surface area contributed by atoms with Gasteiger partial charge in [0.15, 0.2) is 0 Å². The Bertz CT molecular complexity index is 735. The number of fused-ring (bicyclic) bond motifs is 1. The van der Waals surface area contributed by atoms with Crippen LogP contribution < -0.4 is 9.47 Å². The largest absolute Gasteiger partial charge is 0.493 e. The molecule has 0 fully saturated rings. The first-order valence-electron chi connectivity index (χ1n) is 14.0. The highest BCUT2D eigenvalue weighted by molar-refractivity contribution is 5.59. The van der Waals surface area contributed by atoms with E-state index in [1.807, 2.05) is 0 Å². The third-order valence-corrected chi connectivity index (χ3v) is 8.13. The number of ether oxygens (including phenoxy) is 2. The molecule has 1 aromatic rings. The molecule has 3 atom stereocenters. The van der Waals surface area contributed by atoms with Crippen LogP contribution in [0.1, 0.15) is 128 Å². The SMILES string of the molecule is CCOc1c(C)c(C)c2c(c1C)CC[C@@](C)(CCC[C@H](C)CCC[C@H](C)CCCC(C)C)O2. The second-order valence-electron chi connectivity index (χ2n) is 11.9. The van der Waals surface area contributed by atoms with E-state index in [0.717, 1.165) is 48.5 Å². The summed E-state index contributed by atoms with van der Waals surface area (Å²) < 4.78 is 12.7. The van der Waals surface area contributed by atoms with Gasteiger partial charge in [-0.3, -0.25) is 0 Å². The molecule has 0 aliphatic carbocycles. The lowest BCUT2D eigenvalue weighted by Gasteiger charge is -2.38. The first-order chi connectivity index (χ1) is 15.6. The Morgan fingerprint density at radius 2 is 1.39 bits per heavy atom. The zero-order valence-electron chi connectivity index (χ0n) is 23.5. The Kier molecular flexibility index (Phi) is 11.1. The third kappa shape index (κ3) is 8.22. The highest BCUT2D eigenvalue weighted by Gasteiger charge is 2.34. The maximum absolute atomic E-state index is 6.74. The first kappa shape index (κ1) is 28.1. The van der Waals surface area contributed by atoms with E-state index < -0.39 is 0 Å². The number of hydrogen-bond acceptors (Lipinski definition) is 2. The summed E-state index contributed by atoms with van der Waals surface area (Å²) in [5.41, 5.74) is 5.12. The molecule has 0 radical (unpaired) electrons. The highest BCUT2D eigenvalue weighted by atomic mass is 16.5. The Hall–Kier alpha value is -1.18. The quantitative estimate of drug-likeness (QED) is 0.276. The molecule has 2 nitrogen and oxygen atoms in total. The normalized spacial score (nSPS) is 19.8. The van der Waals surface area contributed by atoms with E-state index in [2.05, 4.69) is 62.3 Å². The maximum atomic E-state index is 6.74. The van der Waals surface area contributed by atoms with Crippen molar-refractivity contribution in [1.29, 1.82) is 0 Å². The molecule has 1 aromatic carbocycles. The third-order valence-electron chi connectivity index (χ3n) is 8.13. The summed E-state index contributed by atoms with van der Waals surface area (Å²) in [5, 5.41) is 0. The van der Waals surface area contributed by atoms with Crippen LogP contribution in [0.15, 0.2) is 0 Å². The predicted molar refractivity (Wildman–Crippen MR) is 144 cm³/mol. The van der Waals surface area contributed by atoms with Crippen LogP contribution in [0.2, 0.25) is 0 Å². The average molecular weight is 459 g/mol. The molecule has 0 amide bonds. The molecule has 2 heteroatoms. The summed E-state index contributed by atoms with van der Waals surface area (Å²) in [4.78, 5) is 0. The van der Waals surface area contributed by atoms with Gasteiger partial charge in [-0.25, -0.2) is 0 Å². The summed E-state index contributed by atoms with van der Waals surface area (Å²) in [6.07, 6.45) is 14.3. The lowest BCUT2D eigenvalue weighted by Crippen LogP contribution is -2.37. The molecule has 0 unspecified atom stereocenters. The molecule has 190 valence electrons. The van der Waals surface area contributed by atoms with Crippen molar-refractivity contribution in [3.8, 4) is 11.5 Å². The second-order valence-corrected chi connectivity index (χ2v) is 11.9. The zero-order valence-corrected chi connectivity index (χ0v) is 23.5. The van der Waals surface area contributed by atoms with Gasteiger partial charge in [0.1, 0.15) is 17.1 Å². The molecule has 0 aromatic heterocycles. The minimum absolute atomic E-state index is 0.0333. The molecule has 33 heavy (non-hydrogen) atoms. The van der Waals surface area contributed by atoms with E-state index in [1.165, 1.54) is 73.6 Å². The van der Waals surface area contributed by atoms with Gasteiger partial charge in [-0.2, -0.15) is 0 Å². The second kappa shape index (κ2) is 13.1. The van der Waals surface area contributed by atoms with Crippen molar-refractivity contribution in [1.82, 2.24) is 0 Å².